The van der Waals surface area contributed by atoms with Gasteiger partial charge in [-0.15, -0.1) is 0 Å². The van der Waals surface area contributed by atoms with Crippen molar-refractivity contribution in [3.8, 4) is 11.8 Å². The van der Waals surface area contributed by atoms with Gasteiger partial charge in [-0.3, -0.25) is 29.4 Å². The summed E-state index contributed by atoms with van der Waals surface area (Å²) in [6.07, 6.45) is 3.46. The maximum Gasteiger partial charge on any atom is 0.262 e. The van der Waals surface area contributed by atoms with E-state index >= 15 is 0 Å². The number of aromatic nitrogens is 3. The summed E-state index contributed by atoms with van der Waals surface area (Å²) >= 11 is 0. The highest BCUT2D eigenvalue weighted by molar-refractivity contribution is 6.23. The number of nitrogens with zero attached hydrogens (tertiary/aromatic N) is 4. The normalized spacial score (nSPS) is 17.8. The molecule has 2 N–H and O–H groups in total. The number of fused-ring (bicyclic) bond motifs is 2. The van der Waals surface area contributed by atoms with E-state index in [9.17, 15) is 19.2 Å². The Morgan fingerprint density at radius 2 is 1.97 bits per heavy atom. The molecular formula is C22H16N6O4. The Morgan fingerprint density at radius 1 is 1.12 bits per heavy atom. The van der Waals surface area contributed by atoms with Gasteiger partial charge in [-0.2, -0.15) is 5.10 Å². The molecule has 2 aliphatic heterocycles. The summed E-state index contributed by atoms with van der Waals surface area (Å²) in [7, 11) is 0. The number of carbonyl (C=O) groups excluding carboxylic acids is 4. The fourth-order valence-corrected chi connectivity index (χ4v) is 3.82. The Balaban J connectivity index is 1.32. The summed E-state index contributed by atoms with van der Waals surface area (Å²) in [6.45, 7) is 0.310. The number of nitrogens with one attached hydrogen (secondary N) is 2. The van der Waals surface area contributed by atoms with E-state index < -0.39 is 29.7 Å². The van der Waals surface area contributed by atoms with E-state index in [0.717, 1.165) is 10.4 Å². The van der Waals surface area contributed by atoms with Crippen LogP contribution in [0.1, 0.15) is 39.1 Å². The van der Waals surface area contributed by atoms with Crippen LogP contribution in [0, 0.1) is 11.8 Å². The Morgan fingerprint density at radius 3 is 2.81 bits per heavy atom. The topological polar surface area (TPSA) is 126 Å². The van der Waals surface area contributed by atoms with Gasteiger partial charge < -0.3 is 5.32 Å². The average Bonchev–Trinajstić information content (AvgIpc) is 3.36. The molecule has 1 atom stereocenters. The van der Waals surface area contributed by atoms with Crippen LogP contribution in [0.25, 0.3) is 5.52 Å². The third kappa shape index (κ3) is 3.26. The van der Waals surface area contributed by atoms with Crippen molar-refractivity contribution in [2.45, 2.75) is 18.9 Å². The monoisotopic (exact) mass is 428 g/mol. The molecule has 10 heteroatoms. The quantitative estimate of drug-likeness (QED) is 0.462. The van der Waals surface area contributed by atoms with Crippen LogP contribution in [0.3, 0.4) is 0 Å². The highest BCUT2D eigenvalue weighted by Gasteiger charge is 2.44. The predicted molar refractivity (Wildman–Crippen MR) is 111 cm³/mol. The van der Waals surface area contributed by atoms with Gasteiger partial charge in [0.2, 0.25) is 11.8 Å². The summed E-state index contributed by atoms with van der Waals surface area (Å²) in [5, 5.41) is 9.40. The summed E-state index contributed by atoms with van der Waals surface area (Å²) in [5.74, 6) is 4.44. The molecule has 5 rings (SSSR count). The molecule has 1 unspecified atom stereocenters. The van der Waals surface area contributed by atoms with Crippen LogP contribution in [0.2, 0.25) is 0 Å². The Kier molecular flexibility index (Phi) is 4.63. The number of rotatable bonds is 3. The largest absolute Gasteiger partial charge is 0.357 e. The highest BCUT2D eigenvalue weighted by atomic mass is 16.2. The number of imide groups is 2. The fraction of sp³-hybridized carbons (Fsp3) is 0.182. The summed E-state index contributed by atoms with van der Waals surface area (Å²) in [6, 6.07) is 7.49. The number of hydrogen-bond acceptors (Lipinski definition) is 7. The van der Waals surface area contributed by atoms with Gasteiger partial charge in [-0.25, -0.2) is 9.50 Å². The molecule has 158 valence electrons. The molecule has 3 aromatic rings. The first-order chi connectivity index (χ1) is 15.5. The summed E-state index contributed by atoms with van der Waals surface area (Å²) < 4.78 is 1.69. The van der Waals surface area contributed by atoms with Crippen molar-refractivity contribution < 1.29 is 19.2 Å². The number of piperidine rings is 1. The maximum absolute atomic E-state index is 12.9. The first kappa shape index (κ1) is 19.4. The van der Waals surface area contributed by atoms with Crippen molar-refractivity contribution in [1.29, 1.82) is 0 Å². The minimum atomic E-state index is -0.988. The van der Waals surface area contributed by atoms with Gasteiger partial charge in [-0.1, -0.05) is 11.8 Å². The molecule has 0 aliphatic carbocycles. The molecule has 32 heavy (non-hydrogen) atoms. The van der Waals surface area contributed by atoms with Crippen molar-refractivity contribution in [2.75, 3.05) is 11.9 Å². The average molecular weight is 428 g/mol. The molecule has 0 spiro atoms. The van der Waals surface area contributed by atoms with E-state index in [0.29, 0.717) is 17.9 Å². The molecule has 0 saturated carbocycles. The second-order valence-corrected chi connectivity index (χ2v) is 7.31. The number of carbonyl (C=O) groups is 4. The number of benzene rings is 1. The third-order valence-electron chi connectivity index (χ3n) is 5.35. The fourth-order valence-electron chi connectivity index (χ4n) is 3.82. The molecule has 1 fully saturated rings. The lowest BCUT2D eigenvalue weighted by molar-refractivity contribution is -0.136. The molecule has 4 amide bonds. The Hall–Kier alpha value is -4.52. The molecule has 1 saturated heterocycles. The van der Waals surface area contributed by atoms with Crippen LogP contribution in [-0.4, -0.2) is 55.7 Å². The zero-order chi connectivity index (χ0) is 22.2. The predicted octanol–water partition coefficient (Wildman–Crippen LogP) is 0.594. The van der Waals surface area contributed by atoms with Crippen LogP contribution in [-0.2, 0) is 9.59 Å². The minimum absolute atomic E-state index is 0.0788. The van der Waals surface area contributed by atoms with E-state index in [-0.39, 0.29) is 24.0 Å². The van der Waals surface area contributed by atoms with Gasteiger partial charge in [0, 0.05) is 18.2 Å². The van der Waals surface area contributed by atoms with E-state index in [1.54, 1.807) is 16.6 Å². The molecule has 4 heterocycles. The van der Waals surface area contributed by atoms with E-state index in [1.807, 2.05) is 18.3 Å². The molecular weight excluding hydrogens is 412 g/mol. The van der Waals surface area contributed by atoms with E-state index in [2.05, 4.69) is 32.6 Å². The van der Waals surface area contributed by atoms with Crippen molar-refractivity contribution >= 4 is 35.0 Å². The summed E-state index contributed by atoms with van der Waals surface area (Å²) in [5.41, 5.74) is 1.81. The molecule has 2 aromatic heterocycles. The molecule has 0 radical (unpaired) electrons. The van der Waals surface area contributed by atoms with E-state index in [1.165, 1.54) is 12.4 Å². The van der Waals surface area contributed by atoms with Crippen LogP contribution in [0.5, 0.6) is 0 Å². The lowest BCUT2D eigenvalue weighted by Gasteiger charge is -2.27. The highest BCUT2D eigenvalue weighted by Crippen LogP contribution is 2.28. The molecule has 1 aromatic carbocycles. The molecule has 10 nitrogen and oxygen atoms in total. The van der Waals surface area contributed by atoms with Crippen molar-refractivity contribution in [1.82, 2.24) is 24.8 Å². The maximum atomic E-state index is 12.9. The second-order valence-electron chi connectivity index (χ2n) is 7.31. The van der Waals surface area contributed by atoms with Gasteiger partial charge in [-0.05, 0) is 36.8 Å². The van der Waals surface area contributed by atoms with Gasteiger partial charge in [0.05, 0.1) is 17.7 Å². The zero-order valence-electron chi connectivity index (χ0n) is 16.7. The smallest absolute Gasteiger partial charge is 0.262 e. The van der Waals surface area contributed by atoms with Crippen molar-refractivity contribution in [2.24, 2.45) is 0 Å². The zero-order valence-corrected chi connectivity index (χ0v) is 16.7. The Labute approximate surface area is 181 Å². The Bertz CT molecular complexity index is 1370. The van der Waals surface area contributed by atoms with E-state index in [4.69, 9.17) is 0 Å². The third-order valence-corrected chi connectivity index (χ3v) is 5.35. The van der Waals surface area contributed by atoms with Crippen LogP contribution in [0.15, 0.2) is 42.9 Å². The second kappa shape index (κ2) is 7.63. The molecule has 0 bridgehead atoms. The van der Waals surface area contributed by atoms with Gasteiger partial charge >= 0.3 is 0 Å². The standard InChI is InChI=1S/C22H16N6O4/c29-18-8-7-17(20(30)26-18)28-21(31)14-6-5-13(11-15(14)22(28)32)3-1-9-23-19-16-4-2-10-27(16)25-12-24-19/h2,4-6,10-12,17H,7-9H2,(H,23,24,25)(H,26,29,30). The van der Waals surface area contributed by atoms with Crippen molar-refractivity contribution in [3.63, 3.8) is 0 Å². The van der Waals surface area contributed by atoms with Crippen LogP contribution in [0.4, 0.5) is 5.82 Å². The first-order valence-electron chi connectivity index (χ1n) is 9.89. The number of anilines is 1. The van der Waals surface area contributed by atoms with Crippen molar-refractivity contribution in [3.05, 3.63) is 59.5 Å². The number of amides is 4. The van der Waals surface area contributed by atoms with Gasteiger partial charge in [0.25, 0.3) is 11.8 Å². The van der Waals surface area contributed by atoms with Crippen LogP contribution >= 0.6 is 0 Å². The lowest BCUT2D eigenvalue weighted by atomic mass is 10.0. The minimum Gasteiger partial charge on any atom is -0.357 e. The first-order valence-corrected chi connectivity index (χ1v) is 9.89. The lowest BCUT2D eigenvalue weighted by Crippen LogP contribution is -2.54. The summed E-state index contributed by atoms with van der Waals surface area (Å²) in [4.78, 5) is 54.2. The molecule has 2 aliphatic rings. The number of hydrogen-bond donors (Lipinski definition) is 2. The van der Waals surface area contributed by atoms with Crippen LogP contribution < -0.4 is 10.6 Å². The van der Waals surface area contributed by atoms with Gasteiger partial charge in [0.1, 0.15) is 17.9 Å². The van der Waals surface area contributed by atoms with Gasteiger partial charge in [0.15, 0.2) is 5.82 Å². The SMILES string of the molecule is O=C1CCC(N2C(=O)c3ccc(C#CCNc4ncnn5cccc45)cc3C2=O)C(=O)N1.